The van der Waals surface area contributed by atoms with Crippen molar-refractivity contribution >= 4 is 29.2 Å². The molecule has 0 radical (unpaired) electrons. The Bertz CT molecular complexity index is 902. The van der Waals surface area contributed by atoms with E-state index in [1.54, 1.807) is 29.2 Å². The summed E-state index contributed by atoms with van der Waals surface area (Å²) in [5, 5.41) is 8.90. The maximum Gasteiger partial charge on any atom is 0.223 e. The molecule has 1 aromatic carbocycles. The fraction of sp³-hybridized carbons (Fsp3) is 0.316. The maximum atomic E-state index is 6.10. The predicted molar refractivity (Wildman–Crippen MR) is 105 cm³/mol. The second-order valence-corrected chi connectivity index (χ2v) is 7.33. The largest absolute Gasteiger partial charge is 0.351 e. The minimum absolute atomic E-state index is 0.470. The Hall–Kier alpha value is -2.11. The van der Waals surface area contributed by atoms with Gasteiger partial charge in [-0.3, -0.25) is 0 Å². The van der Waals surface area contributed by atoms with Crippen LogP contribution in [0.5, 0.6) is 0 Å². The van der Waals surface area contributed by atoms with Crippen LogP contribution < -0.4 is 5.32 Å². The van der Waals surface area contributed by atoms with E-state index >= 15 is 0 Å². The van der Waals surface area contributed by atoms with Crippen molar-refractivity contribution in [2.75, 3.05) is 5.32 Å². The molecule has 0 bridgehead atoms. The van der Waals surface area contributed by atoms with Crippen molar-refractivity contribution in [3.05, 3.63) is 52.9 Å². The lowest BCUT2D eigenvalue weighted by Crippen LogP contribution is -2.23. The van der Waals surface area contributed by atoms with Crippen LogP contribution in [0.15, 0.2) is 42.9 Å². The van der Waals surface area contributed by atoms with Gasteiger partial charge in [0, 0.05) is 24.0 Å². The molecule has 1 aliphatic rings. The molecule has 2 aromatic heterocycles. The number of halogens is 2. The second-order valence-electron chi connectivity index (χ2n) is 6.52. The average Bonchev–Trinajstić information content (AvgIpc) is 3.15. The van der Waals surface area contributed by atoms with Crippen molar-refractivity contribution in [2.24, 2.45) is 0 Å². The number of nitrogens with one attached hydrogen (secondary N) is 1. The van der Waals surface area contributed by atoms with Crippen molar-refractivity contribution in [1.82, 2.24) is 19.7 Å². The van der Waals surface area contributed by atoms with Gasteiger partial charge in [0.2, 0.25) is 5.95 Å². The van der Waals surface area contributed by atoms with Gasteiger partial charge in [0.15, 0.2) is 0 Å². The van der Waals surface area contributed by atoms with Gasteiger partial charge in [-0.2, -0.15) is 5.10 Å². The summed E-state index contributed by atoms with van der Waals surface area (Å²) in [7, 11) is 0. The molecular weight excluding hydrogens is 369 g/mol. The van der Waals surface area contributed by atoms with Crippen molar-refractivity contribution in [1.29, 1.82) is 0 Å². The first-order valence-corrected chi connectivity index (χ1v) is 9.55. The van der Waals surface area contributed by atoms with Gasteiger partial charge in [0.1, 0.15) is 0 Å². The molecule has 26 heavy (non-hydrogen) atoms. The number of anilines is 1. The molecule has 0 aliphatic heterocycles. The number of nitrogens with zero attached hydrogens (tertiary/aromatic N) is 4. The fourth-order valence-corrected chi connectivity index (χ4v) is 3.53. The number of benzene rings is 1. The fourth-order valence-electron chi connectivity index (χ4n) is 3.24. The van der Waals surface area contributed by atoms with E-state index in [-0.39, 0.29) is 0 Å². The highest BCUT2D eigenvalue weighted by Crippen LogP contribution is 2.26. The number of hydrogen-bond acceptors (Lipinski definition) is 4. The number of hydrogen-bond donors (Lipinski definition) is 1. The average molecular weight is 388 g/mol. The lowest BCUT2D eigenvalue weighted by molar-refractivity contribution is 0.461. The summed E-state index contributed by atoms with van der Waals surface area (Å²) >= 11 is 12.1. The van der Waals surface area contributed by atoms with E-state index < -0.39 is 0 Å². The summed E-state index contributed by atoms with van der Waals surface area (Å²) in [6.45, 7) is 0. The molecule has 7 heteroatoms. The lowest BCUT2D eigenvalue weighted by Gasteiger charge is -2.22. The highest BCUT2D eigenvalue weighted by molar-refractivity contribution is 6.42. The van der Waals surface area contributed by atoms with Gasteiger partial charge in [-0.1, -0.05) is 42.5 Å². The SMILES string of the molecule is Clc1ccc(-n2cc(-c3ccnc(NC4CCCCC4)n3)cn2)cc1Cl. The van der Waals surface area contributed by atoms with Crippen LogP contribution in [-0.4, -0.2) is 25.8 Å². The summed E-state index contributed by atoms with van der Waals surface area (Å²) in [5.41, 5.74) is 2.61. The molecule has 0 unspecified atom stereocenters. The van der Waals surface area contributed by atoms with E-state index in [1.165, 1.54) is 32.1 Å². The molecule has 5 nitrogen and oxygen atoms in total. The van der Waals surface area contributed by atoms with Crippen LogP contribution in [0.3, 0.4) is 0 Å². The molecular formula is C19H19Cl2N5. The molecule has 1 aliphatic carbocycles. The lowest BCUT2D eigenvalue weighted by atomic mass is 9.96. The molecule has 2 heterocycles. The molecule has 1 N–H and O–H groups in total. The van der Waals surface area contributed by atoms with Gasteiger partial charge in [-0.15, -0.1) is 0 Å². The maximum absolute atomic E-state index is 6.10. The van der Waals surface area contributed by atoms with Gasteiger partial charge in [-0.05, 0) is 37.1 Å². The molecule has 1 saturated carbocycles. The molecule has 1 fully saturated rings. The van der Waals surface area contributed by atoms with E-state index in [1.807, 2.05) is 18.3 Å². The highest BCUT2D eigenvalue weighted by Gasteiger charge is 2.14. The minimum Gasteiger partial charge on any atom is -0.351 e. The van der Waals surface area contributed by atoms with Gasteiger partial charge in [-0.25, -0.2) is 14.6 Å². The Labute approximate surface area is 162 Å². The zero-order chi connectivity index (χ0) is 17.9. The van der Waals surface area contributed by atoms with Gasteiger partial charge < -0.3 is 5.32 Å². The molecule has 3 aromatic rings. The molecule has 0 amide bonds. The van der Waals surface area contributed by atoms with Crippen LogP contribution in [0.25, 0.3) is 16.9 Å². The summed E-state index contributed by atoms with van der Waals surface area (Å²) in [6, 6.07) is 7.79. The van der Waals surface area contributed by atoms with Crippen LogP contribution >= 0.6 is 23.2 Å². The third-order valence-electron chi connectivity index (χ3n) is 4.64. The van der Waals surface area contributed by atoms with Crippen molar-refractivity contribution in [3.63, 3.8) is 0 Å². The van der Waals surface area contributed by atoms with Gasteiger partial charge in [0.05, 0.1) is 27.6 Å². The van der Waals surface area contributed by atoms with E-state index in [2.05, 4.69) is 20.4 Å². The van der Waals surface area contributed by atoms with Crippen LogP contribution in [0.2, 0.25) is 10.0 Å². The Morgan fingerprint density at radius 2 is 1.88 bits per heavy atom. The first kappa shape index (κ1) is 17.3. The summed E-state index contributed by atoms with van der Waals surface area (Å²) < 4.78 is 1.76. The minimum atomic E-state index is 0.470. The first-order valence-electron chi connectivity index (χ1n) is 8.79. The zero-order valence-electron chi connectivity index (χ0n) is 14.2. The van der Waals surface area contributed by atoms with Gasteiger partial charge >= 0.3 is 0 Å². The van der Waals surface area contributed by atoms with Crippen LogP contribution in [0.4, 0.5) is 5.95 Å². The van der Waals surface area contributed by atoms with E-state index in [4.69, 9.17) is 23.2 Å². The molecule has 0 saturated heterocycles. The quantitative estimate of drug-likeness (QED) is 0.652. The second kappa shape index (κ2) is 7.64. The topological polar surface area (TPSA) is 55.6 Å². The van der Waals surface area contributed by atoms with Crippen molar-refractivity contribution < 1.29 is 0 Å². The van der Waals surface area contributed by atoms with Crippen LogP contribution in [-0.2, 0) is 0 Å². The Morgan fingerprint density at radius 1 is 1.04 bits per heavy atom. The predicted octanol–water partition coefficient (Wildman–Crippen LogP) is 5.38. The molecule has 134 valence electrons. The standard InChI is InChI=1S/C19H19Cl2N5/c20-16-7-6-15(10-17(16)21)26-12-13(11-23-26)18-8-9-22-19(25-18)24-14-4-2-1-3-5-14/h6-12,14H,1-5H2,(H,22,24,25). The molecule has 0 atom stereocenters. The Morgan fingerprint density at radius 3 is 2.69 bits per heavy atom. The van der Waals surface area contributed by atoms with Crippen molar-refractivity contribution in [2.45, 2.75) is 38.1 Å². The van der Waals surface area contributed by atoms with E-state index in [9.17, 15) is 0 Å². The Balaban J connectivity index is 1.55. The van der Waals surface area contributed by atoms with E-state index in [0.717, 1.165) is 16.9 Å². The molecule has 4 rings (SSSR count). The molecule has 0 spiro atoms. The normalized spacial score (nSPS) is 15.2. The summed E-state index contributed by atoms with van der Waals surface area (Å²) in [5.74, 6) is 0.677. The number of aromatic nitrogens is 4. The van der Waals surface area contributed by atoms with Crippen LogP contribution in [0.1, 0.15) is 32.1 Å². The summed E-state index contributed by atoms with van der Waals surface area (Å²) in [4.78, 5) is 9.02. The van der Waals surface area contributed by atoms with E-state index in [0.29, 0.717) is 22.0 Å². The summed E-state index contributed by atoms with van der Waals surface area (Å²) in [6.07, 6.45) is 11.7. The smallest absolute Gasteiger partial charge is 0.223 e. The third-order valence-corrected chi connectivity index (χ3v) is 5.38. The van der Waals surface area contributed by atoms with Crippen molar-refractivity contribution in [3.8, 4) is 16.9 Å². The first-order chi connectivity index (χ1) is 12.7. The number of rotatable bonds is 4. The third kappa shape index (κ3) is 3.84. The highest BCUT2D eigenvalue weighted by atomic mass is 35.5. The Kier molecular flexibility index (Phi) is 5.09. The monoisotopic (exact) mass is 387 g/mol. The zero-order valence-corrected chi connectivity index (χ0v) is 15.7. The van der Waals surface area contributed by atoms with Gasteiger partial charge in [0.25, 0.3) is 0 Å². The van der Waals surface area contributed by atoms with Crippen LogP contribution in [0, 0.1) is 0 Å².